The van der Waals surface area contributed by atoms with Crippen LogP contribution in [0.3, 0.4) is 0 Å². The third-order valence-electron chi connectivity index (χ3n) is 5.99. The van der Waals surface area contributed by atoms with Gasteiger partial charge >= 0.3 is 0 Å². The molecule has 6 nitrogen and oxygen atoms in total. The van der Waals surface area contributed by atoms with E-state index in [1.165, 1.54) is 0 Å². The Bertz CT molecular complexity index is 1160. The number of nitrogens with zero attached hydrogens (tertiary/aromatic N) is 5. The number of β-amino-alcohol motifs (C(OH)–C–C–N with tert-alkyl or cyclic N) is 1. The lowest BCUT2D eigenvalue weighted by Crippen LogP contribution is -2.52. The molecule has 0 unspecified atom stereocenters. The number of nitriles is 1. The second-order valence-corrected chi connectivity index (χ2v) is 9.45. The fourth-order valence-corrected chi connectivity index (χ4v) is 4.67. The number of aryl methyl sites for hydroxylation is 1. The van der Waals surface area contributed by atoms with Gasteiger partial charge in [-0.1, -0.05) is 35.3 Å². The highest BCUT2D eigenvalue weighted by Gasteiger charge is 2.34. The number of rotatable bonds is 5. The van der Waals surface area contributed by atoms with Crippen molar-refractivity contribution in [2.75, 3.05) is 31.1 Å². The summed E-state index contributed by atoms with van der Waals surface area (Å²) in [6, 6.07) is 19.0. The molecule has 0 saturated carbocycles. The Morgan fingerprint density at radius 3 is 2.48 bits per heavy atom. The van der Waals surface area contributed by atoms with Crippen LogP contribution in [0.15, 0.2) is 54.6 Å². The molecule has 1 aromatic heterocycles. The number of aromatic nitrogens is 2. The highest BCUT2D eigenvalue weighted by molar-refractivity contribution is 6.33. The summed E-state index contributed by atoms with van der Waals surface area (Å²) in [5, 5.41) is 29.9. The van der Waals surface area contributed by atoms with Gasteiger partial charge in [-0.05, 0) is 61.9 Å². The minimum Gasteiger partial charge on any atom is -0.382 e. The van der Waals surface area contributed by atoms with Gasteiger partial charge in [0, 0.05) is 31.2 Å². The van der Waals surface area contributed by atoms with E-state index in [2.05, 4.69) is 26.1 Å². The van der Waals surface area contributed by atoms with Crippen molar-refractivity contribution in [3.63, 3.8) is 0 Å². The molecule has 1 aliphatic heterocycles. The van der Waals surface area contributed by atoms with Crippen LogP contribution in [0.25, 0.3) is 0 Å². The third kappa shape index (κ3) is 5.29. The first-order valence-corrected chi connectivity index (χ1v) is 11.5. The van der Waals surface area contributed by atoms with Crippen LogP contribution < -0.4 is 4.90 Å². The van der Waals surface area contributed by atoms with E-state index >= 15 is 0 Å². The van der Waals surface area contributed by atoms with E-state index in [9.17, 15) is 10.4 Å². The van der Waals surface area contributed by atoms with Crippen molar-refractivity contribution in [3.05, 3.63) is 87.2 Å². The average Bonchev–Trinajstić information content (AvgIpc) is 2.80. The van der Waals surface area contributed by atoms with Gasteiger partial charge in [-0.2, -0.15) is 15.5 Å². The lowest BCUT2D eigenvalue weighted by atomic mass is 9.97. The van der Waals surface area contributed by atoms with E-state index in [1.807, 2.05) is 49.4 Å². The first kappa shape index (κ1) is 23.5. The molecule has 0 spiro atoms. The molecule has 0 amide bonds. The Morgan fingerprint density at radius 2 is 1.85 bits per heavy atom. The van der Waals surface area contributed by atoms with Crippen LogP contribution in [0, 0.1) is 18.3 Å². The lowest BCUT2D eigenvalue weighted by Gasteiger charge is -2.45. The van der Waals surface area contributed by atoms with Gasteiger partial charge in [-0.25, -0.2) is 0 Å². The predicted molar refractivity (Wildman–Crippen MR) is 130 cm³/mol. The molecular formula is C25H25Cl2N5O. The molecule has 170 valence electrons. The summed E-state index contributed by atoms with van der Waals surface area (Å²) in [6.45, 7) is 6.17. The van der Waals surface area contributed by atoms with Crippen LogP contribution in [-0.2, 0) is 5.60 Å². The summed E-state index contributed by atoms with van der Waals surface area (Å²) >= 11 is 12.7. The number of halogens is 2. The zero-order valence-corrected chi connectivity index (χ0v) is 20.1. The monoisotopic (exact) mass is 481 g/mol. The van der Waals surface area contributed by atoms with Crippen molar-refractivity contribution in [1.29, 1.82) is 5.26 Å². The Balaban J connectivity index is 1.62. The van der Waals surface area contributed by atoms with Crippen LogP contribution in [-0.4, -0.2) is 46.4 Å². The standard InChI is InChI=1S/C25H25Cl2N5O/c1-17-3-10-24(30-29-17)25(2,33)16-31-11-12-32(22-9-4-18(14-28)13-21(22)27)23(15-31)19-5-7-20(26)8-6-19/h3-10,13,23,33H,11-12,15-16H2,1-2H3/t23-,25+/m0/s1. The molecular weight excluding hydrogens is 457 g/mol. The molecule has 1 saturated heterocycles. The molecule has 33 heavy (non-hydrogen) atoms. The van der Waals surface area contributed by atoms with E-state index < -0.39 is 5.60 Å². The van der Waals surface area contributed by atoms with Crippen LogP contribution in [0.1, 0.15) is 35.5 Å². The number of anilines is 1. The van der Waals surface area contributed by atoms with Crippen molar-refractivity contribution < 1.29 is 5.11 Å². The van der Waals surface area contributed by atoms with Gasteiger partial charge < -0.3 is 10.0 Å². The zero-order chi connectivity index (χ0) is 23.6. The summed E-state index contributed by atoms with van der Waals surface area (Å²) < 4.78 is 0. The largest absolute Gasteiger partial charge is 0.382 e. The average molecular weight is 482 g/mol. The smallest absolute Gasteiger partial charge is 0.118 e. The molecule has 1 fully saturated rings. The number of hydrogen-bond acceptors (Lipinski definition) is 6. The Labute approximate surface area is 204 Å². The van der Waals surface area contributed by atoms with Crippen molar-refractivity contribution in [2.45, 2.75) is 25.5 Å². The van der Waals surface area contributed by atoms with Crippen molar-refractivity contribution in [1.82, 2.24) is 15.1 Å². The predicted octanol–water partition coefficient (Wildman–Crippen LogP) is 4.73. The van der Waals surface area contributed by atoms with E-state index in [-0.39, 0.29) is 6.04 Å². The van der Waals surface area contributed by atoms with Gasteiger partial charge in [-0.3, -0.25) is 4.90 Å². The third-order valence-corrected chi connectivity index (χ3v) is 6.54. The molecule has 4 rings (SSSR count). The molecule has 1 aliphatic rings. The highest BCUT2D eigenvalue weighted by Crippen LogP contribution is 2.36. The molecule has 0 bridgehead atoms. The van der Waals surface area contributed by atoms with Gasteiger partial charge in [0.05, 0.1) is 39.8 Å². The van der Waals surface area contributed by atoms with Gasteiger partial charge in [0.2, 0.25) is 0 Å². The Morgan fingerprint density at radius 1 is 1.09 bits per heavy atom. The fourth-order valence-electron chi connectivity index (χ4n) is 4.25. The summed E-state index contributed by atoms with van der Waals surface area (Å²) in [6.07, 6.45) is 0. The Kier molecular flexibility index (Phi) is 6.87. The van der Waals surface area contributed by atoms with Crippen LogP contribution in [0.2, 0.25) is 10.0 Å². The highest BCUT2D eigenvalue weighted by atomic mass is 35.5. The van der Waals surface area contributed by atoms with Crippen molar-refractivity contribution >= 4 is 28.9 Å². The molecule has 0 radical (unpaired) electrons. The SMILES string of the molecule is Cc1ccc([C@](C)(O)CN2CCN(c3ccc(C#N)cc3Cl)[C@H](c3ccc(Cl)cc3)C2)nn1. The van der Waals surface area contributed by atoms with Gasteiger partial charge in [0.25, 0.3) is 0 Å². The van der Waals surface area contributed by atoms with Crippen LogP contribution in [0.4, 0.5) is 5.69 Å². The zero-order valence-electron chi connectivity index (χ0n) is 18.5. The summed E-state index contributed by atoms with van der Waals surface area (Å²) in [7, 11) is 0. The number of piperazine rings is 1. The molecule has 2 aromatic carbocycles. The maximum absolute atomic E-state index is 11.2. The topological polar surface area (TPSA) is 76.3 Å². The van der Waals surface area contributed by atoms with E-state index in [0.29, 0.717) is 40.9 Å². The summed E-state index contributed by atoms with van der Waals surface area (Å²) in [5.41, 5.74) is 2.73. The van der Waals surface area contributed by atoms with E-state index in [4.69, 9.17) is 23.2 Å². The van der Waals surface area contributed by atoms with E-state index in [1.54, 1.807) is 19.1 Å². The quantitative estimate of drug-likeness (QED) is 0.567. The molecule has 2 heterocycles. The first-order chi connectivity index (χ1) is 15.8. The van der Waals surface area contributed by atoms with Crippen molar-refractivity contribution in [3.8, 4) is 6.07 Å². The Hall–Kier alpha value is -2.69. The molecule has 2 atom stereocenters. The number of aliphatic hydroxyl groups is 1. The van der Waals surface area contributed by atoms with E-state index in [0.717, 1.165) is 23.5 Å². The van der Waals surface area contributed by atoms with Gasteiger partial charge in [0.15, 0.2) is 0 Å². The molecule has 0 aliphatic carbocycles. The van der Waals surface area contributed by atoms with Crippen molar-refractivity contribution in [2.24, 2.45) is 0 Å². The normalized spacial score (nSPS) is 18.5. The maximum Gasteiger partial charge on any atom is 0.118 e. The first-order valence-electron chi connectivity index (χ1n) is 10.7. The lowest BCUT2D eigenvalue weighted by molar-refractivity contribution is 0.00604. The number of hydrogen-bond donors (Lipinski definition) is 1. The summed E-state index contributed by atoms with van der Waals surface area (Å²) in [4.78, 5) is 4.48. The minimum atomic E-state index is -1.14. The molecule has 8 heteroatoms. The fraction of sp³-hybridized carbons (Fsp3) is 0.320. The van der Waals surface area contributed by atoms with Crippen LogP contribution in [0.5, 0.6) is 0 Å². The van der Waals surface area contributed by atoms with Crippen LogP contribution >= 0.6 is 23.2 Å². The second-order valence-electron chi connectivity index (χ2n) is 8.61. The second kappa shape index (κ2) is 9.66. The minimum absolute atomic E-state index is 0.0126. The molecule has 1 N–H and O–H groups in total. The van der Waals surface area contributed by atoms with Gasteiger partial charge in [0.1, 0.15) is 5.60 Å². The summed E-state index contributed by atoms with van der Waals surface area (Å²) in [5.74, 6) is 0. The molecule has 3 aromatic rings. The number of benzene rings is 2. The maximum atomic E-state index is 11.2. The van der Waals surface area contributed by atoms with Gasteiger partial charge in [-0.15, -0.1) is 0 Å².